The molecule has 9 nitrogen and oxygen atoms in total. The van der Waals surface area contributed by atoms with Crippen molar-refractivity contribution < 1.29 is 18.0 Å². The van der Waals surface area contributed by atoms with Gasteiger partial charge in [-0.05, 0) is 0 Å². The molecule has 0 saturated carbocycles. The van der Waals surface area contributed by atoms with E-state index in [1.165, 1.54) is 23.7 Å². The second-order valence-corrected chi connectivity index (χ2v) is 9.49. The zero-order chi connectivity index (χ0) is 17.5. The fourth-order valence-corrected chi connectivity index (χ4v) is 5.13. The van der Waals surface area contributed by atoms with E-state index in [0.717, 1.165) is 17.2 Å². The van der Waals surface area contributed by atoms with E-state index in [4.69, 9.17) is 0 Å². The summed E-state index contributed by atoms with van der Waals surface area (Å²) in [6.45, 7) is 1.89. The van der Waals surface area contributed by atoms with Gasteiger partial charge in [0.15, 0.2) is 21.2 Å². The van der Waals surface area contributed by atoms with Gasteiger partial charge in [0.2, 0.25) is 0 Å². The summed E-state index contributed by atoms with van der Waals surface area (Å²) in [4.78, 5) is 33.2. The highest BCUT2D eigenvalue weighted by molar-refractivity contribution is 8.13. The lowest BCUT2D eigenvalue weighted by atomic mass is 10.1. The third-order valence-electron chi connectivity index (χ3n) is 4.49. The van der Waals surface area contributed by atoms with Gasteiger partial charge in [0.25, 0.3) is 5.91 Å². The topological polar surface area (TPSA) is 102 Å². The van der Waals surface area contributed by atoms with Crippen LogP contribution in [0, 0.1) is 0 Å². The second-order valence-electron chi connectivity index (χ2n) is 6.10. The van der Waals surface area contributed by atoms with E-state index in [0.29, 0.717) is 18.3 Å². The largest absolute Gasteiger partial charge is 0.350 e. The first-order chi connectivity index (χ1) is 11.3. The fraction of sp³-hybridized carbons (Fsp3) is 0.769. The molecule has 3 aliphatic heterocycles. The maximum atomic E-state index is 12.2. The zero-order valence-corrected chi connectivity index (χ0v) is 15.3. The van der Waals surface area contributed by atoms with Crippen molar-refractivity contribution in [1.29, 1.82) is 0 Å². The van der Waals surface area contributed by atoms with E-state index in [9.17, 15) is 18.0 Å². The molecule has 0 bridgehead atoms. The molecule has 24 heavy (non-hydrogen) atoms. The average Bonchev–Trinajstić information content (AvgIpc) is 2.97. The summed E-state index contributed by atoms with van der Waals surface area (Å²) in [6, 6.07) is -0.882. The van der Waals surface area contributed by atoms with Gasteiger partial charge in [-0.2, -0.15) is 0 Å². The number of thioether (sulfide) groups is 1. The Balaban J connectivity index is 1.51. The molecule has 0 spiro atoms. The van der Waals surface area contributed by atoms with Crippen molar-refractivity contribution in [3.63, 3.8) is 0 Å². The van der Waals surface area contributed by atoms with Crippen molar-refractivity contribution in [3.05, 3.63) is 0 Å². The van der Waals surface area contributed by atoms with Crippen molar-refractivity contribution in [3.8, 4) is 0 Å². The summed E-state index contributed by atoms with van der Waals surface area (Å²) in [5.41, 5.74) is 0. The number of sulfone groups is 1. The number of rotatable bonds is 3. The third-order valence-corrected chi connectivity index (χ3v) is 6.98. The summed E-state index contributed by atoms with van der Waals surface area (Å²) in [5, 5.41) is 3.74. The molecule has 3 amide bonds. The molecule has 0 aliphatic carbocycles. The number of amides is 3. The number of nitrogens with one attached hydrogen (secondary N) is 1. The zero-order valence-electron chi connectivity index (χ0n) is 13.6. The Hall–Kier alpha value is -1.33. The standard InChI is InChI=1S/C13H21N5O4S2/c1-16-10-9(11(19)17(2)13(16)20)14-12(15-10)23-6-3-18-4-7-24(21,22)8-5-18/h9-10H,3-8H2,1-2H3,(H,14,15). The van der Waals surface area contributed by atoms with E-state index in [1.807, 2.05) is 0 Å². The number of amidine groups is 1. The maximum Gasteiger partial charge on any atom is 0.328 e. The van der Waals surface area contributed by atoms with E-state index in [-0.39, 0.29) is 23.4 Å². The van der Waals surface area contributed by atoms with E-state index >= 15 is 0 Å². The number of hydrogen-bond acceptors (Lipinski definition) is 8. The number of carbonyl (C=O) groups excluding carboxylic acids is 2. The molecule has 3 heterocycles. The van der Waals surface area contributed by atoms with Crippen LogP contribution in [-0.4, -0.2) is 103 Å². The lowest BCUT2D eigenvalue weighted by molar-refractivity contribution is -0.133. The predicted molar refractivity (Wildman–Crippen MR) is 91.6 cm³/mol. The van der Waals surface area contributed by atoms with Crippen LogP contribution in [0.25, 0.3) is 0 Å². The molecule has 0 aromatic rings. The first-order valence-corrected chi connectivity index (χ1v) is 10.5. The maximum absolute atomic E-state index is 12.2. The summed E-state index contributed by atoms with van der Waals surface area (Å²) < 4.78 is 22.8. The molecule has 0 aromatic heterocycles. The van der Waals surface area contributed by atoms with Crippen LogP contribution in [0.2, 0.25) is 0 Å². The quantitative estimate of drug-likeness (QED) is 0.649. The Morgan fingerprint density at radius 2 is 1.92 bits per heavy atom. The van der Waals surface area contributed by atoms with Crippen molar-refractivity contribution in [2.24, 2.45) is 4.99 Å². The minimum absolute atomic E-state index is 0.217. The lowest BCUT2D eigenvalue weighted by Crippen LogP contribution is -2.63. The summed E-state index contributed by atoms with van der Waals surface area (Å²) >= 11 is 1.49. The molecule has 0 radical (unpaired) electrons. The Morgan fingerprint density at radius 3 is 2.58 bits per heavy atom. The molecule has 0 aromatic carbocycles. The second kappa shape index (κ2) is 6.52. The van der Waals surface area contributed by atoms with Crippen LogP contribution in [0.15, 0.2) is 4.99 Å². The molecule has 3 rings (SSSR count). The third kappa shape index (κ3) is 3.38. The number of imide groups is 1. The number of hydrogen-bond donors (Lipinski definition) is 1. The van der Waals surface area contributed by atoms with E-state index < -0.39 is 22.0 Å². The highest BCUT2D eigenvalue weighted by atomic mass is 32.2. The number of fused-ring (bicyclic) bond motifs is 1. The Morgan fingerprint density at radius 1 is 1.25 bits per heavy atom. The molecule has 1 N–H and O–H groups in total. The average molecular weight is 375 g/mol. The Labute approximate surface area is 145 Å². The highest BCUT2D eigenvalue weighted by Gasteiger charge is 2.46. The van der Waals surface area contributed by atoms with Gasteiger partial charge in [-0.1, -0.05) is 11.8 Å². The van der Waals surface area contributed by atoms with Crippen molar-refractivity contribution >= 4 is 38.7 Å². The van der Waals surface area contributed by atoms with Crippen LogP contribution in [-0.2, 0) is 14.6 Å². The van der Waals surface area contributed by atoms with Crippen LogP contribution in [0.5, 0.6) is 0 Å². The van der Waals surface area contributed by atoms with Gasteiger partial charge in [0, 0.05) is 39.5 Å². The lowest BCUT2D eigenvalue weighted by Gasteiger charge is -2.36. The molecular formula is C13H21N5O4S2. The minimum atomic E-state index is -2.86. The van der Waals surface area contributed by atoms with Gasteiger partial charge in [0.05, 0.1) is 11.5 Å². The fourth-order valence-electron chi connectivity index (χ4n) is 2.92. The van der Waals surface area contributed by atoms with Crippen molar-refractivity contribution in [2.75, 3.05) is 51.0 Å². The molecule has 2 saturated heterocycles. The summed E-state index contributed by atoms with van der Waals surface area (Å²) in [5.74, 6) is 0.903. The van der Waals surface area contributed by atoms with Crippen LogP contribution in [0.3, 0.4) is 0 Å². The Bertz CT molecular complexity index is 666. The molecular weight excluding hydrogens is 354 g/mol. The van der Waals surface area contributed by atoms with Crippen molar-refractivity contribution in [2.45, 2.75) is 12.2 Å². The van der Waals surface area contributed by atoms with E-state index in [2.05, 4.69) is 15.2 Å². The number of aliphatic imine (C=N–C) groups is 1. The molecule has 2 unspecified atom stereocenters. The van der Waals surface area contributed by atoms with Gasteiger partial charge in [-0.3, -0.25) is 9.69 Å². The number of urea groups is 1. The SMILES string of the molecule is CN1C(=O)C2NC(SCCN3CCS(=O)(=O)CC3)=NC2N(C)C1=O. The first-order valence-electron chi connectivity index (χ1n) is 7.73. The van der Waals surface area contributed by atoms with Crippen LogP contribution >= 0.6 is 11.8 Å². The molecule has 11 heteroatoms. The number of likely N-dealkylation sites (N-methyl/N-ethyl adjacent to an activating group) is 2. The van der Waals surface area contributed by atoms with Crippen molar-refractivity contribution in [1.82, 2.24) is 20.0 Å². The molecule has 3 aliphatic rings. The normalized spacial score (nSPS) is 30.2. The summed E-state index contributed by atoms with van der Waals surface area (Å²) in [6.07, 6.45) is -0.496. The van der Waals surface area contributed by atoms with Crippen LogP contribution in [0.4, 0.5) is 4.79 Å². The predicted octanol–water partition coefficient (Wildman–Crippen LogP) is -1.37. The van der Waals surface area contributed by atoms with Gasteiger partial charge in [-0.15, -0.1) is 0 Å². The molecule has 2 atom stereocenters. The minimum Gasteiger partial charge on any atom is -0.350 e. The van der Waals surface area contributed by atoms with Crippen LogP contribution < -0.4 is 5.32 Å². The van der Waals surface area contributed by atoms with Crippen LogP contribution in [0.1, 0.15) is 0 Å². The monoisotopic (exact) mass is 375 g/mol. The van der Waals surface area contributed by atoms with Gasteiger partial charge >= 0.3 is 6.03 Å². The molecule has 134 valence electrons. The van der Waals surface area contributed by atoms with Gasteiger partial charge in [-0.25, -0.2) is 18.2 Å². The van der Waals surface area contributed by atoms with Gasteiger partial charge in [0.1, 0.15) is 6.04 Å². The van der Waals surface area contributed by atoms with E-state index in [1.54, 1.807) is 7.05 Å². The number of carbonyl (C=O) groups is 2. The highest BCUT2D eigenvalue weighted by Crippen LogP contribution is 2.23. The number of nitrogens with zero attached hydrogens (tertiary/aromatic N) is 4. The molecule has 2 fully saturated rings. The first kappa shape index (κ1) is 17.5. The smallest absolute Gasteiger partial charge is 0.328 e. The van der Waals surface area contributed by atoms with Gasteiger partial charge < -0.3 is 15.1 Å². The Kier molecular flexibility index (Phi) is 4.76. The summed E-state index contributed by atoms with van der Waals surface area (Å²) in [7, 11) is 0.244.